The van der Waals surface area contributed by atoms with Crippen LogP contribution in [-0.4, -0.2) is 9.97 Å². The summed E-state index contributed by atoms with van der Waals surface area (Å²) in [7, 11) is 0. The van der Waals surface area contributed by atoms with Crippen molar-refractivity contribution in [1.82, 2.24) is 9.97 Å². The Bertz CT molecular complexity index is 3550. The minimum absolute atomic E-state index is 1.21. The van der Waals surface area contributed by atoms with E-state index in [1.54, 1.807) is 11.3 Å². The van der Waals surface area contributed by atoms with Crippen molar-refractivity contribution in [1.29, 1.82) is 0 Å². The van der Waals surface area contributed by atoms with Gasteiger partial charge in [-0.1, -0.05) is 78.9 Å². The van der Waals surface area contributed by atoms with E-state index in [2.05, 4.69) is 168 Å². The molecule has 12 aromatic rings. The van der Waals surface area contributed by atoms with Crippen LogP contribution in [-0.2, 0) is 0 Å². The van der Waals surface area contributed by atoms with Crippen LogP contribution < -0.4 is 0 Å². The van der Waals surface area contributed by atoms with Crippen LogP contribution in [0.3, 0.4) is 0 Å². The minimum Gasteiger partial charge on any atom is -0.263 e. The normalized spacial score (nSPS) is 11.9. The van der Waals surface area contributed by atoms with E-state index >= 15 is 0 Å². The van der Waals surface area contributed by atoms with Gasteiger partial charge < -0.3 is 0 Å². The largest absolute Gasteiger partial charge is 0.263 e. The zero-order valence-electron chi connectivity index (χ0n) is 30.4. The van der Waals surface area contributed by atoms with Gasteiger partial charge in [0.15, 0.2) is 0 Å². The van der Waals surface area contributed by atoms with E-state index in [0.717, 1.165) is 0 Å². The Morgan fingerprint density at radius 1 is 0.246 bits per heavy atom. The van der Waals surface area contributed by atoms with Gasteiger partial charge in [0.25, 0.3) is 0 Å². The van der Waals surface area contributed by atoms with Gasteiger partial charge in [0.1, 0.15) is 0 Å². The molecule has 5 heteroatoms. The van der Waals surface area contributed by atoms with E-state index in [0.29, 0.717) is 0 Å². The molecule has 0 N–H and O–H groups in total. The first kappa shape index (κ1) is 32.7. The van der Waals surface area contributed by atoms with Crippen molar-refractivity contribution in [3.63, 3.8) is 0 Å². The van der Waals surface area contributed by atoms with Gasteiger partial charge in [-0.3, -0.25) is 9.97 Å². The van der Waals surface area contributed by atoms with Gasteiger partial charge in [0, 0.05) is 75.9 Å². The second kappa shape index (κ2) is 13.0. The van der Waals surface area contributed by atoms with Gasteiger partial charge in [-0.05, 0) is 134 Å². The van der Waals surface area contributed by atoms with Gasteiger partial charge in [-0.2, -0.15) is 0 Å². The molecule has 266 valence electrons. The number of benzene rings is 7. The first-order chi connectivity index (χ1) is 28.2. The number of pyridine rings is 2. The molecule has 0 aliphatic rings. The molecule has 0 radical (unpaired) electrons. The lowest BCUT2D eigenvalue weighted by Gasteiger charge is -2.10. The van der Waals surface area contributed by atoms with Crippen molar-refractivity contribution >= 4 is 94.5 Å². The van der Waals surface area contributed by atoms with E-state index in [1.165, 1.54) is 116 Å². The fourth-order valence-electron chi connectivity index (χ4n) is 8.39. The van der Waals surface area contributed by atoms with Crippen LogP contribution in [0.5, 0.6) is 0 Å². The lowest BCUT2D eigenvalue weighted by Crippen LogP contribution is -1.85. The van der Waals surface area contributed by atoms with Crippen LogP contribution in [0.2, 0.25) is 0 Å². The zero-order chi connectivity index (χ0) is 37.5. The molecule has 12 rings (SSSR count). The van der Waals surface area contributed by atoms with Gasteiger partial charge in [0.05, 0.1) is 9.40 Å². The van der Waals surface area contributed by atoms with Crippen LogP contribution in [0.4, 0.5) is 0 Å². The average Bonchev–Trinajstić information content (AvgIpc) is 3.96. The summed E-state index contributed by atoms with van der Waals surface area (Å²) in [4.78, 5) is 8.68. The molecule has 0 atom stereocenters. The first-order valence-corrected chi connectivity index (χ1v) is 21.4. The molecule has 5 heterocycles. The Hall–Kier alpha value is -6.50. The molecule has 7 aromatic carbocycles. The number of thiophene rings is 3. The third-order valence-corrected chi connectivity index (χ3v) is 14.7. The van der Waals surface area contributed by atoms with Crippen LogP contribution >= 0.6 is 34.0 Å². The summed E-state index contributed by atoms with van der Waals surface area (Å²) in [6.07, 6.45) is 7.72. The molecule has 57 heavy (non-hydrogen) atoms. The summed E-state index contributed by atoms with van der Waals surface area (Å²) < 4.78 is 7.67. The smallest absolute Gasteiger partial charge is 0.0538 e. The Morgan fingerprint density at radius 2 is 0.526 bits per heavy atom. The summed E-state index contributed by atoms with van der Waals surface area (Å²) in [5, 5.41) is 7.74. The van der Waals surface area contributed by atoms with Gasteiger partial charge in [-0.25, -0.2) is 0 Å². The van der Waals surface area contributed by atoms with E-state index < -0.39 is 0 Å². The Kier molecular flexibility index (Phi) is 7.48. The van der Waals surface area contributed by atoms with Crippen molar-refractivity contribution < 1.29 is 0 Å². The van der Waals surface area contributed by atoms with Crippen LogP contribution in [0.1, 0.15) is 0 Å². The highest BCUT2D eigenvalue weighted by Gasteiger charge is 2.13. The Morgan fingerprint density at radius 3 is 0.860 bits per heavy atom. The second-order valence-corrected chi connectivity index (χ2v) is 17.9. The van der Waals surface area contributed by atoms with Crippen molar-refractivity contribution in [2.24, 2.45) is 0 Å². The maximum atomic E-state index is 4.34. The van der Waals surface area contributed by atoms with Gasteiger partial charge >= 0.3 is 0 Å². The quantitative estimate of drug-likeness (QED) is 0.174. The van der Waals surface area contributed by atoms with Gasteiger partial charge in [-0.15, -0.1) is 34.0 Å². The topological polar surface area (TPSA) is 25.8 Å². The molecule has 0 fully saturated rings. The monoisotopic (exact) mass is 778 g/mol. The highest BCUT2D eigenvalue weighted by Crippen LogP contribution is 2.42. The Labute approximate surface area is 340 Å². The molecule has 0 aliphatic carbocycles. The van der Waals surface area contributed by atoms with Crippen molar-refractivity contribution in [2.75, 3.05) is 0 Å². The number of rotatable bonds is 5. The third kappa shape index (κ3) is 5.58. The predicted molar refractivity (Wildman–Crippen MR) is 248 cm³/mol. The fraction of sp³-hybridized carbons (Fsp3) is 0. The highest BCUT2D eigenvalue weighted by molar-refractivity contribution is 7.26. The molecule has 0 unspecified atom stereocenters. The number of hydrogen-bond acceptors (Lipinski definition) is 5. The molecule has 2 nitrogen and oxygen atoms in total. The molecular weight excluding hydrogens is 749 g/mol. The lowest BCUT2D eigenvalue weighted by atomic mass is 9.94. The number of hydrogen-bond donors (Lipinski definition) is 0. The van der Waals surface area contributed by atoms with E-state index in [1.807, 2.05) is 47.5 Å². The van der Waals surface area contributed by atoms with Crippen LogP contribution in [0.15, 0.2) is 183 Å². The molecular formula is C52H30N2S3. The highest BCUT2D eigenvalue weighted by atomic mass is 32.1. The fourth-order valence-corrected chi connectivity index (χ4v) is 11.6. The summed E-state index contributed by atoms with van der Waals surface area (Å²) in [5.74, 6) is 0. The van der Waals surface area contributed by atoms with E-state index in [9.17, 15) is 0 Å². The van der Waals surface area contributed by atoms with E-state index in [4.69, 9.17) is 0 Å². The molecule has 5 aromatic heterocycles. The summed E-state index contributed by atoms with van der Waals surface area (Å²) in [5.41, 5.74) is 12.2. The van der Waals surface area contributed by atoms with Crippen LogP contribution in [0, 0.1) is 0 Å². The Balaban J connectivity index is 0.875. The molecule has 0 amide bonds. The SMILES string of the molecule is c1cc(-c2cccc(-c3ccc4sc5cnccc5c4c3)c2)cc(-c2cccc(-c3ccc4sc5ccc(-c6ccc7sc8cnccc8c7c6)cc5c4c3)c2)c1. The van der Waals surface area contributed by atoms with Crippen molar-refractivity contribution in [3.05, 3.63) is 183 Å². The molecule has 0 saturated carbocycles. The standard InChI is InChI=1S/C52H30N2S3/c1-4-31(33-6-2-8-35(23-33)37-10-14-47-43(25-37)41-18-20-53-29-51(41)56-47)22-32(5-1)34-7-3-9-36(24-34)38-11-16-49-45(27-38)46-28-40(13-17-50(46)55-49)39-12-15-48-44(26-39)42-19-21-54-30-52(42)57-48/h1-30H. The predicted octanol–water partition coefficient (Wildman–Crippen LogP) is 15.9. The molecule has 0 bridgehead atoms. The molecule has 0 aliphatic heterocycles. The first-order valence-electron chi connectivity index (χ1n) is 19.0. The summed E-state index contributed by atoms with van der Waals surface area (Å²) >= 11 is 5.48. The summed E-state index contributed by atoms with van der Waals surface area (Å²) in [6.45, 7) is 0. The number of fused-ring (bicyclic) bond motifs is 9. The van der Waals surface area contributed by atoms with Gasteiger partial charge in [0.2, 0.25) is 0 Å². The number of aromatic nitrogens is 2. The summed E-state index contributed by atoms with van der Waals surface area (Å²) in [6, 6.07) is 58.7. The molecule has 0 spiro atoms. The van der Waals surface area contributed by atoms with E-state index in [-0.39, 0.29) is 0 Å². The molecule has 0 saturated heterocycles. The maximum absolute atomic E-state index is 4.34. The zero-order valence-corrected chi connectivity index (χ0v) is 32.9. The maximum Gasteiger partial charge on any atom is 0.0538 e. The second-order valence-electron chi connectivity index (χ2n) is 14.6. The number of nitrogens with zero attached hydrogens (tertiary/aromatic N) is 2. The van der Waals surface area contributed by atoms with Crippen molar-refractivity contribution in [2.45, 2.75) is 0 Å². The third-order valence-electron chi connectivity index (χ3n) is 11.3. The minimum atomic E-state index is 1.21. The lowest BCUT2D eigenvalue weighted by molar-refractivity contribution is 1.37. The average molecular weight is 779 g/mol. The van der Waals surface area contributed by atoms with Crippen molar-refractivity contribution in [3.8, 4) is 55.6 Å². The van der Waals surface area contributed by atoms with Crippen LogP contribution in [0.25, 0.3) is 116 Å².